The van der Waals surface area contributed by atoms with Gasteiger partial charge in [-0.15, -0.1) is 0 Å². The lowest BCUT2D eigenvalue weighted by Crippen LogP contribution is -2.27. The number of carbonyl (C=O) groups is 1. The van der Waals surface area contributed by atoms with Gasteiger partial charge in [0.1, 0.15) is 11.8 Å². The van der Waals surface area contributed by atoms with Crippen LogP contribution in [0.4, 0.5) is 0 Å². The Labute approximate surface area is 73.9 Å². The lowest BCUT2D eigenvalue weighted by molar-refractivity contribution is -0.137. The Balaban J connectivity index is 3.03. The number of nitrogens with two attached hydrogens (primary N) is 1. The van der Waals surface area contributed by atoms with Gasteiger partial charge in [-0.3, -0.25) is 10.2 Å². The number of carboxylic acids is 1. The van der Waals surface area contributed by atoms with Gasteiger partial charge >= 0.3 is 5.97 Å². The van der Waals surface area contributed by atoms with E-state index in [1.165, 1.54) is 18.5 Å². The van der Waals surface area contributed by atoms with E-state index in [0.29, 0.717) is 5.56 Å². The summed E-state index contributed by atoms with van der Waals surface area (Å²) in [6.07, 6.45) is 2.63. The number of amidine groups is 1. The molecule has 0 radical (unpaired) electrons. The fraction of sp³-hybridized carbons (Fsp3) is 0.143. The minimum Gasteiger partial charge on any atom is -0.480 e. The summed E-state index contributed by atoms with van der Waals surface area (Å²) in [4.78, 5) is 10.7. The van der Waals surface area contributed by atoms with Crippen LogP contribution in [0.3, 0.4) is 0 Å². The molecule has 0 aliphatic heterocycles. The molecule has 1 aromatic heterocycles. The number of aliphatic carboxylic acids is 1. The Kier molecular flexibility index (Phi) is 2.53. The van der Waals surface area contributed by atoms with Crippen LogP contribution in [0.1, 0.15) is 11.5 Å². The molecule has 6 heteroatoms. The van der Waals surface area contributed by atoms with E-state index in [2.05, 4.69) is 10.2 Å². The van der Waals surface area contributed by atoms with Crippen LogP contribution in [0.2, 0.25) is 0 Å². The van der Waals surface area contributed by atoms with Crippen LogP contribution in [0, 0.1) is 5.41 Å². The van der Waals surface area contributed by atoms with Crippen molar-refractivity contribution in [3.05, 3.63) is 24.0 Å². The number of rotatable bonds is 3. The van der Waals surface area contributed by atoms with Crippen LogP contribution in [-0.2, 0) is 4.79 Å². The summed E-state index contributed by atoms with van der Waals surface area (Å²) in [5.41, 5.74) is 5.48. The maximum absolute atomic E-state index is 10.7. The van der Waals surface area contributed by atoms with Crippen LogP contribution in [0.15, 0.2) is 18.5 Å². The van der Waals surface area contributed by atoms with Crippen molar-refractivity contribution in [2.45, 2.75) is 5.92 Å². The third-order valence-electron chi connectivity index (χ3n) is 1.50. The van der Waals surface area contributed by atoms with Gasteiger partial charge in [-0.25, -0.2) is 0 Å². The van der Waals surface area contributed by atoms with Crippen LogP contribution >= 0.6 is 0 Å². The molecular weight excluding hydrogens is 172 g/mol. The SMILES string of the molecule is N=C(N)C(C(=O)O)c1ccnnc1. The molecule has 1 heterocycles. The zero-order chi connectivity index (χ0) is 9.84. The lowest BCUT2D eigenvalue weighted by atomic mass is 10.0. The molecule has 0 saturated carbocycles. The summed E-state index contributed by atoms with van der Waals surface area (Å²) in [6, 6.07) is 1.47. The highest BCUT2D eigenvalue weighted by Crippen LogP contribution is 2.13. The molecule has 13 heavy (non-hydrogen) atoms. The summed E-state index contributed by atoms with van der Waals surface area (Å²) in [5.74, 6) is -2.71. The van der Waals surface area contributed by atoms with Gasteiger partial charge in [-0.05, 0) is 11.6 Å². The molecule has 0 aromatic carbocycles. The number of hydrogen-bond donors (Lipinski definition) is 3. The molecule has 4 N–H and O–H groups in total. The van der Waals surface area contributed by atoms with Crippen molar-refractivity contribution < 1.29 is 9.90 Å². The summed E-state index contributed by atoms with van der Waals surface area (Å²) >= 11 is 0. The molecule has 1 rings (SSSR count). The largest absolute Gasteiger partial charge is 0.480 e. The van der Waals surface area contributed by atoms with Gasteiger partial charge in [0.15, 0.2) is 0 Å². The third kappa shape index (κ3) is 1.98. The molecule has 6 nitrogen and oxygen atoms in total. The van der Waals surface area contributed by atoms with E-state index in [4.69, 9.17) is 16.2 Å². The Bertz CT molecular complexity index is 311. The van der Waals surface area contributed by atoms with E-state index < -0.39 is 17.7 Å². The molecule has 1 unspecified atom stereocenters. The van der Waals surface area contributed by atoms with E-state index in [1.54, 1.807) is 0 Å². The smallest absolute Gasteiger partial charge is 0.318 e. The topological polar surface area (TPSA) is 113 Å². The van der Waals surface area contributed by atoms with Gasteiger partial charge < -0.3 is 10.8 Å². The summed E-state index contributed by atoms with van der Waals surface area (Å²) in [7, 11) is 0. The van der Waals surface area contributed by atoms with Gasteiger partial charge in [0.2, 0.25) is 0 Å². The molecule has 0 amide bonds. The molecule has 0 aliphatic carbocycles. The first kappa shape index (κ1) is 9.11. The molecular formula is C7H8N4O2. The summed E-state index contributed by atoms with van der Waals surface area (Å²) in [6.45, 7) is 0. The van der Waals surface area contributed by atoms with E-state index in [0.717, 1.165) is 0 Å². The maximum atomic E-state index is 10.7. The first-order valence-corrected chi connectivity index (χ1v) is 3.46. The lowest BCUT2D eigenvalue weighted by Gasteiger charge is -2.08. The van der Waals surface area contributed by atoms with Gasteiger partial charge in [-0.2, -0.15) is 10.2 Å². The maximum Gasteiger partial charge on any atom is 0.318 e. The molecule has 1 atom stereocenters. The Hall–Kier alpha value is -1.98. The average Bonchev–Trinajstić information content (AvgIpc) is 2.04. The van der Waals surface area contributed by atoms with Crippen molar-refractivity contribution in [3.63, 3.8) is 0 Å². The van der Waals surface area contributed by atoms with E-state index in [9.17, 15) is 4.79 Å². The fourth-order valence-electron chi connectivity index (χ4n) is 0.927. The first-order chi connectivity index (χ1) is 6.13. The van der Waals surface area contributed by atoms with E-state index in [1.807, 2.05) is 0 Å². The predicted molar refractivity (Wildman–Crippen MR) is 44.3 cm³/mol. The molecule has 68 valence electrons. The minimum absolute atomic E-state index is 0.356. The van der Waals surface area contributed by atoms with Crippen LogP contribution in [-0.4, -0.2) is 27.1 Å². The fourth-order valence-corrected chi connectivity index (χ4v) is 0.927. The van der Waals surface area contributed by atoms with Gasteiger partial charge in [-0.1, -0.05) is 0 Å². The standard InChI is InChI=1S/C7H8N4O2/c8-6(9)5(7(12)13)4-1-2-10-11-3-4/h1-3,5H,(H3,8,9)(H,12,13). The normalized spacial score (nSPS) is 12.0. The van der Waals surface area contributed by atoms with Crippen molar-refractivity contribution in [1.29, 1.82) is 5.41 Å². The zero-order valence-corrected chi connectivity index (χ0v) is 6.64. The van der Waals surface area contributed by atoms with Crippen molar-refractivity contribution in [1.82, 2.24) is 10.2 Å². The van der Waals surface area contributed by atoms with Gasteiger partial charge in [0, 0.05) is 6.20 Å². The number of carboxylic acid groups (broad SMARTS) is 1. The first-order valence-electron chi connectivity index (χ1n) is 3.46. The molecule has 0 bridgehead atoms. The Morgan fingerprint density at radius 3 is 2.69 bits per heavy atom. The predicted octanol–water partition coefficient (Wildman–Crippen LogP) is -0.419. The Morgan fingerprint density at radius 1 is 1.62 bits per heavy atom. The molecule has 0 spiro atoms. The van der Waals surface area contributed by atoms with Gasteiger partial charge in [0.05, 0.1) is 6.20 Å². The highest BCUT2D eigenvalue weighted by atomic mass is 16.4. The third-order valence-corrected chi connectivity index (χ3v) is 1.50. The minimum atomic E-state index is -1.17. The monoisotopic (exact) mass is 180 g/mol. The molecule has 0 saturated heterocycles. The number of hydrogen-bond acceptors (Lipinski definition) is 4. The number of nitrogens with zero attached hydrogens (tertiary/aromatic N) is 2. The van der Waals surface area contributed by atoms with Crippen molar-refractivity contribution in [2.75, 3.05) is 0 Å². The Morgan fingerprint density at radius 2 is 2.31 bits per heavy atom. The highest BCUT2D eigenvalue weighted by molar-refractivity contribution is 6.03. The molecule has 1 aromatic rings. The summed E-state index contributed by atoms with van der Waals surface area (Å²) < 4.78 is 0. The number of aromatic nitrogens is 2. The van der Waals surface area contributed by atoms with Crippen molar-refractivity contribution >= 4 is 11.8 Å². The van der Waals surface area contributed by atoms with Crippen molar-refractivity contribution in [2.24, 2.45) is 5.73 Å². The second-order valence-corrected chi connectivity index (χ2v) is 2.40. The highest BCUT2D eigenvalue weighted by Gasteiger charge is 2.22. The van der Waals surface area contributed by atoms with Crippen LogP contribution in [0.5, 0.6) is 0 Å². The van der Waals surface area contributed by atoms with Gasteiger partial charge in [0.25, 0.3) is 0 Å². The summed E-state index contributed by atoms with van der Waals surface area (Å²) in [5, 5.41) is 22.8. The average molecular weight is 180 g/mol. The number of nitrogens with one attached hydrogen (secondary N) is 1. The second-order valence-electron chi connectivity index (χ2n) is 2.40. The molecule has 0 aliphatic rings. The van der Waals surface area contributed by atoms with Crippen molar-refractivity contribution in [3.8, 4) is 0 Å². The van der Waals surface area contributed by atoms with Crippen LogP contribution in [0.25, 0.3) is 0 Å². The second kappa shape index (κ2) is 3.61. The quantitative estimate of drug-likeness (QED) is 0.432. The van der Waals surface area contributed by atoms with Crippen LogP contribution < -0.4 is 5.73 Å². The van der Waals surface area contributed by atoms with E-state index in [-0.39, 0.29) is 0 Å². The molecule has 0 fully saturated rings. The van der Waals surface area contributed by atoms with E-state index >= 15 is 0 Å². The zero-order valence-electron chi connectivity index (χ0n) is 6.64.